The number of primary amides is 1. The molecule has 5 N–H and O–H groups in total. The quantitative estimate of drug-likeness (QED) is 0.561. The molecule has 2 heterocycles. The van der Waals surface area contributed by atoms with Gasteiger partial charge in [0.2, 0.25) is 0 Å². The number of urea groups is 1. The second-order valence-corrected chi connectivity index (χ2v) is 6.96. The Balaban J connectivity index is 1.65. The number of nitrogens with zero attached hydrogens (tertiary/aromatic N) is 4. The number of benzene rings is 2. The smallest absolute Gasteiger partial charge is 0.382 e. The maximum atomic E-state index is 12.8. The van der Waals surface area contributed by atoms with Gasteiger partial charge in [0.1, 0.15) is 12.0 Å². The third-order valence-corrected chi connectivity index (χ3v) is 4.88. The topological polar surface area (TPSA) is 123 Å². The van der Waals surface area contributed by atoms with E-state index in [0.29, 0.717) is 30.2 Å². The summed E-state index contributed by atoms with van der Waals surface area (Å²) >= 11 is 0. The lowest BCUT2D eigenvalue weighted by atomic mass is 10.1. The van der Waals surface area contributed by atoms with Crippen LogP contribution in [0.1, 0.15) is 17.5 Å². The zero-order valence-electron chi connectivity index (χ0n) is 16.6. The van der Waals surface area contributed by atoms with Crippen molar-refractivity contribution >= 4 is 40.4 Å². The van der Waals surface area contributed by atoms with Crippen LogP contribution in [0.3, 0.4) is 0 Å². The van der Waals surface area contributed by atoms with Crippen molar-refractivity contribution in [3.8, 4) is 0 Å². The van der Waals surface area contributed by atoms with E-state index in [0.717, 1.165) is 28.3 Å². The summed E-state index contributed by atoms with van der Waals surface area (Å²) in [6.07, 6.45) is -2.53. The largest absolute Gasteiger partial charge is 0.416 e. The van der Waals surface area contributed by atoms with Crippen LogP contribution in [0.25, 0.3) is 0 Å². The third-order valence-electron chi connectivity index (χ3n) is 4.88. The van der Waals surface area contributed by atoms with Crippen molar-refractivity contribution in [3.63, 3.8) is 0 Å². The van der Waals surface area contributed by atoms with E-state index >= 15 is 0 Å². The van der Waals surface area contributed by atoms with E-state index in [1.54, 1.807) is 24.3 Å². The average Bonchev–Trinajstić information content (AvgIpc) is 2.98. The molecule has 4 rings (SSSR count). The Morgan fingerprint density at radius 2 is 1.62 bits per heavy atom. The second-order valence-electron chi connectivity index (χ2n) is 6.96. The summed E-state index contributed by atoms with van der Waals surface area (Å²) in [7, 11) is 0. The first kappa shape index (κ1) is 21.1. The Hall–Kier alpha value is -4.15. The first-order valence-electron chi connectivity index (χ1n) is 9.53. The van der Waals surface area contributed by atoms with E-state index in [4.69, 9.17) is 11.5 Å². The Labute approximate surface area is 180 Å². The number of halogens is 3. The highest BCUT2D eigenvalue weighted by Gasteiger charge is 2.30. The van der Waals surface area contributed by atoms with Gasteiger partial charge in [-0.2, -0.15) is 13.2 Å². The molecule has 0 spiro atoms. The molecule has 0 radical (unpaired) electrons. The third kappa shape index (κ3) is 4.17. The molecule has 0 fully saturated rings. The molecular weight excluding hydrogens is 423 g/mol. The van der Waals surface area contributed by atoms with Crippen LogP contribution in [-0.2, 0) is 6.18 Å². The van der Waals surface area contributed by atoms with Gasteiger partial charge in [-0.05, 0) is 42.0 Å². The van der Waals surface area contributed by atoms with Crippen LogP contribution in [0.15, 0.2) is 59.9 Å². The molecule has 0 saturated heterocycles. The molecule has 1 aromatic heterocycles. The average molecular weight is 441 g/mol. The molecule has 0 atom stereocenters. The normalized spacial score (nSPS) is 13.4. The van der Waals surface area contributed by atoms with Crippen LogP contribution in [0.2, 0.25) is 0 Å². The van der Waals surface area contributed by atoms with Gasteiger partial charge in [0, 0.05) is 13.0 Å². The van der Waals surface area contributed by atoms with Gasteiger partial charge < -0.3 is 16.8 Å². The summed E-state index contributed by atoms with van der Waals surface area (Å²) in [5.41, 5.74) is 13.2. The minimum Gasteiger partial charge on any atom is -0.382 e. The molecule has 32 heavy (non-hydrogen) atoms. The highest BCUT2D eigenvalue weighted by molar-refractivity contribution is 6.05. The number of carbonyl (C=O) groups excluding carboxylic acids is 1. The van der Waals surface area contributed by atoms with Gasteiger partial charge >= 0.3 is 12.2 Å². The van der Waals surface area contributed by atoms with Crippen LogP contribution in [0.4, 0.5) is 46.7 Å². The SMILES string of the molecule is NC(=O)N(c1ccc(C2=Nc3c(N)ncnc3NCC2)cc1)c1ccc(C(F)(F)F)cc1. The van der Waals surface area contributed by atoms with Gasteiger partial charge in [0.05, 0.1) is 22.6 Å². The fraction of sp³-hybridized carbons (Fsp3) is 0.143. The van der Waals surface area contributed by atoms with Crippen LogP contribution < -0.4 is 21.7 Å². The van der Waals surface area contributed by atoms with E-state index in [9.17, 15) is 18.0 Å². The highest BCUT2D eigenvalue weighted by Crippen LogP contribution is 2.33. The van der Waals surface area contributed by atoms with Crippen molar-refractivity contribution in [2.24, 2.45) is 10.7 Å². The Bertz CT molecular complexity index is 1180. The molecule has 11 heteroatoms. The number of amides is 2. The van der Waals surface area contributed by atoms with E-state index in [1.807, 2.05) is 0 Å². The fourth-order valence-corrected chi connectivity index (χ4v) is 3.34. The van der Waals surface area contributed by atoms with Crippen LogP contribution >= 0.6 is 0 Å². The molecule has 1 aliphatic rings. The lowest BCUT2D eigenvalue weighted by molar-refractivity contribution is -0.137. The number of alkyl halides is 3. The molecule has 0 aliphatic carbocycles. The van der Waals surface area contributed by atoms with E-state index in [1.165, 1.54) is 18.5 Å². The van der Waals surface area contributed by atoms with Crippen molar-refractivity contribution in [2.75, 3.05) is 22.5 Å². The molecule has 2 amide bonds. The van der Waals surface area contributed by atoms with Crippen LogP contribution in [-0.4, -0.2) is 28.3 Å². The predicted molar refractivity (Wildman–Crippen MR) is 115 cm³/mol. The van der Waals surface area contributed by atoms with Gasteiger partial charge in [-0.3, -0.25) is 4.90 Å². The summed E-state index contributed by atoms with van der Waals surface area (Å²) in [6.45, 7) is 0.586. The van der Waals surface area contributed by atoms with Crippen molar-refractivity contribution in [3.05, 3.63) is 66.0 Å². The first-order chi connectivity index (χ1) is 15.2. The zero-order chi connectivity index (χ0) is 22.9. The van der Waals surface area contributed by atoms with Gasteiger partial charge in [0.15, 0.2) is 11.6 Å². The van der Waals surface area contributed by atoms with E-state index < -0.39 is 17.8 Å². The van der Waals surface area contributed by atoms with E-state index in [-0.39, 0.29) is 11.5 Å². The van der Waals surface area contributed by atoms with Crippen molar-refractivity contribution in [2.45, 2.75) is 12.6 Å². The molecule has 2 aromatic carbocycles. The molecule has 8 nitrogen and oxygen atoms in total. The number of anilines is 4. The minimum absolute atomic E-state index is 0.216. The molecular formula is C21H18F3N7O. The number of nitrogens with one attached hydrogen (secondary N) is 1. The first-order valence-corrected chi connectivity index (χ1v) is 9.53. The van der Waals surface area contributed by atoms with Gasteiger partial charge in [0.25, 0.3) is 0 Å². The number of hydrogen-bond donors (Lipinski definition) is 3. The number of nitrogen functional groups attached to an aromatic ring is 1. The van der Waals surface area contributed by atoms with Crippen molar-refractivity contribution in [1.82, 2.24) is 9.97 Å². The Morgan fingerprint density at radius 3 is 2.22 bits per heavy atom. The number of aromatic nitrogens is 2. The van der Waals surface area contributed by atoms with Gasteiger partial charge in [-0.1, -0.05) is 12.1 Å². The van der Waals surface area contributed by atoms with Crippen molar-refractivity contribution in [1.29, 1.82) is 0 Å². The molecule has 1 aliphatic heterocycles. The standard InChI is InChI=1S/C21H18F3N7O/c22-21(23,24)13-3-7-15(8-4-13)31(20(26)32)14-5-1-12(2-6-14)16-9-10-27-19-17(30-16)18(25)28-11-29-19/h1-8,11H,9-10H2,(H2,26,32)(H3,25,27,28,29). The zero-order valence-corrected chi connectivity index (χ0v) is 16.6. The number of hydrogen-bond acceptors (Lipinski definition) is 6. The summed E-state index contributed by atoms with van der Waals surface area (Å²) < 4.78 is 38.5. The van der Waals surface area contributed by atoms with Crippen molar-refractivity contribution < 1.29 is 18.0 Å². The highest BCUT2D eigenvalue weighted by atomic mass is 19.4. The van der Waals surface area contributed by atoms with Gasteiger partial charge in [-0.25, -0.2) is 19.8 Å². The Kier molecular flexibility index (Phi) is 5.39. The van der Waals surface area contributed by atoms with Crippen LogP contribution in [0.5, 0.6) is 0 Å². The number of nitrogens with two attached hydrogens (primary N) is 2. The number of aliphatic imine (C=N–C) groups is 1. The molecule has 0 saturated carbocycles. The number of carbonyl (C=O) groups is 1. The molecule has 0 bridgehead atoms. The summed E-state index contributed by atoms with van der Waals surface area (Å²) in [5.74, 6) is 0.798. The monoisotopic (exact) mass is 441 g/mol. The second kappa shape index (κ2) is 8.17. The molecule has 3 aromatic rings. The predicted octanol–water partition coefficient (Wildman–Crippen LogP) is 4.23. The maximum absolute atomic E-state index is 12.8. The fourth-order valence-electron chi connectivity index (χ4n) is 3.34. The molecule has 164 valence electrons. The lowest BCUT2D eigenvalue weighted by Gasteiger charge is -2.21. The van der Waals surface area contributed by atoms with Gasteiger partial charge in [-0.15, -0.1) is 0 Å². The minimum atomic E-state index is -4.47. The number of rotatable bonds is 3. The number of fused-ring (bicyclic) bond motifs is 1. The lowest BCUT2D eigenvalue weighted by Crippen LogP contribution is -2.31. The Morgan fingerprint density at radius 1 is 1.00 bits per heavy atom. The summed E-state index contributed by atoms with van der Waals surface area (Å²) in [5, 5.41) is 3.15. The summed E-state index contributed by atoms with van der Waals surface area (Å²) in [4.78, 5) is 25.9. The maximum Gasteiger partial charge on any atom is 0.416 e. The van der Waals surface area contributed by atoms with E-state index in [2.05, 4.69) is 20.3 Å². The van der Waals surface area contributed by atoms with Crippen LogP contribution in [0, 0.1) is 0 Å². The summed E-state index contributed by atoms with van der Waals surface area (Å²) in [6, 6.07) is 10.2. The molecule has 0 unspecified atom stereocenters.